The van der Waals surface area contributed by atoms with Gasteiger partial charge in [0.2, 0.25) is 0 Å². The molecule has 5 heteroatoms. The highest BCUT2D eigenvalue weighted by molar-refractivity contribution is 7.92. The summed E-state index contributed by atoms with van der Waals surface area (Å²) >= 11 is 0. The second-order valence-electron chi connectivity index (χ2n) is 5.62. The van der Waals surface area contributed by atoms with Crippen LogP contribution in [0, 0.1) is 19.7 Å². The van der Waals surface area contributed by atoms with Gasteiger partial charge in [-0.15, -0.1) is 0 Å². The molecule has 3 nitrogen and oxygen atoms in total. The molecule has 1 heterocycles. The summed E-state index contributed by atoms with van der Waals surface area (Å²) in [5, 5.41) is 2.73. The van der Waals surface area contributed by atoms with Crippen LogP contribution in [-0.4, -0.2) is 26.5 Å². The Labute approximate surface area is 120 Å². The number of hydrogen-bond donors (Lipinski definition) is 1. The molecule has 1 aliphatic rings. The zero-order valence-corrected chi connectivity index (χ0v) is 13.1. The largest absolute Gasteiger partial charge is 0.312 e. The number of halogens is 1. The van der Waals surface area contributed by atoms with E-state index >= 15 is 0 Å². The first-order chi connectivity index (χ1) is 9.36. The molecule has 0 spiro atoms. The molecule has 1 aromatic rings. The Kier molecular flexibility index (Phi) is 4.49. The molecule has 1 N–H and O–H groups in total. The third kappa shape index (κ3) is 2.88. The van der Waals surface area contributed by atoms with E-state index in [-0.39, 0.29) is 17.6 Å². The predicted molar refractivity (Wildman–Crippen MR) is 79.1 cm³/mol. The van der Waals surface area contributed by atoms with Gasteiger partial charge in [0.1, 0.15) is 5.82 Å². The van der Waals surface area contributed by atoms with Gasteiger partial charge in [-0.25, -0.2) is 12.8 Å². The van der Waals surface area contributed by atoms with Crippen LogP contribution in [0.15, 0.2) is 12.1 Å². The van der Waals surface area contributed by atoms with Crippen LogP contribution in [0.25, 0.3) is 0 Å². The van der Waals surface area contributed by atoms with Crippen LogP contribution in [0.3, 0.4) is 0 Å². The van der Waals surface area contributed by atoms with Gasteiger partial charge in [-0.3, -0.25) is 0 Å². The van der Waals surface area contributed by atoms with E-state index < -0.39 is 15.1 Å². The van der Waals surface area contributed by atoms with Crippen molar-refractivity contribution in [2.75, 3.05) is 12.8 Å². The molecule has 20 heavy (non-hydrogen) atoms. The van der Waals surface area contributed by atoms with Gasteiger partial charge < -0.3 is 5.32 Å². The van der Waals surface area contributed by atoms with Gasteiger partial charge in [-0.1, -0.05) is 6.42 Å². The summed E-state index contributed by atoms with van der Waals surface area (Å²) in [6.45, 7) is 3.68. The number of benzene rings is 1. The molecule has 0 aromatic heterocycles. The molecular weight excluding hydrogens is 277 g/mol. The normalized spacial score (nSPS) is 23.5. The van der Waals surface area contributed by atoms with Crippen molar-refractivity contribution in [1.29, 1.82) is 0 Å². The van der Waals surface area contributed by atoms with E-state index in [9.17, 15) is 12.8 Å². The molecular formula is C15H22FNO2S. The second-order valence-corrected chi connectivity index (χ2v) is 7.96. The molecule has 1 aliphatic heterocycles. The van der Waals surface area contributed by atoms with E-state index in [1.165, 1.54) is 12.1 Å². The van der Waals surface area contributed by atoms with E-state index in [4.69, 9.17) is 0 Å². The monoisotopic (exact) mass is 299 g/mol. The maximum Gasteiger partial charge on any atom is 0.155 e. The lowest BCUT2D eigenvalue weighted by atomic mass is 9.92. The molecule has 0 radical (unpaired) electrons. The van der Waals surface area contributed by atoms with Crippen LogP contribution >= 0.6 is 0 Å². The van der Waals surface area contributed by atoms with Gasteiger partial charge in [0.05, 0.1) is 11.0 Å². The number of nitrogens with one attached hydrogen (secondary N) is 1. The van der Waals surface area contributed by atoms with E-state index in [0.29, 0.717) is 6.42 Å². The molecule has 112 valence electrons. The minimum Gasteiger partial charge on any atom is -0.312 e. The first-order valence-electron chi connectivity index (χ1n) is 7.02. The second kappa shape index (κ2) is 5.82. The van der Waals surface area contributed by atoms with Crippen molar-refractivity contribution >= 4 is 9.84 Å². The molecule has 0 saturated carbocycles. The third-order valence-electron chi connectivity index (χ3n) is 4.18. The summed E-state index contributed by atoms with van der Waals surface area (Å²) in [5.41, 5.74) is 2.54. The minimum atomic E-state index is -3.08. The highest BCUT2D eigenvalue weighted by Gasteiger charge is 2.36. The van der Waals surface area contributed by atoms with Crippen LogP contribution < -0.4 is 5.32 Å². The smallest absolute Gasteiger partial charge is 0.155 e. The highest BCUT2D eigenvalue weighted by Crippen LogP contribution is 2.34. The van der Waals surface area contributed by atoms with Crippen LogP contribution in [-0.2, 0) is 9.84 Å². The lowest BCUT2D eigenvalue weighted by Gasteiger charge is -2.32. The SMILES string of the molecule is CNC(c1c(C)cc(F)cc1C)C1CCCCS1(=O)=O. The molecule has 0 bridgehead atoms. The number of rotatable bonds is 3. The van der Waals surface area contributed by atoms with Gasteiger partial charge in [-0.05, 0) is 62.6 Å². The number of hydrogen-bond acceptors (Lipinski definition) is 3. The Morgan fingerprint density at radius 3 is 2.35 bits per heavy atom. The zero-order valence-electron chi connectivity index (χ0n) is 12.2. The fourth-order valence-electron chi connectivity index (χ4n) is 3.28. The molecule has 0 amide bonds. The van der Waals surface area contributed by atoms with Crippen molar-refractivity contribution in [1.82, 2.24) is 5.32 Å². The van der Waals surface area contributed by atoms with Crippen molar-refractivity contribution < 1.29 is 12.8 Å². The summed E-state index contributed by atoms with van der Waals surface area (Å²) in [4.78, 5) is 0. The fourth-order valence-corrected chi connectivity index (χ4v) is 5.40. The van der Waals surface area contributed by atoms with Crippen LogP contribution in [0.2, 0.25) is 0 Å². The number of aryl methyl sites for hydroxylation is 2. The van der Waals surface area contributed by atoms with Gasteiger partial charge in [0, 0.05) is 6.04 Å². The third-order valence-corrected chi connectivity index (χ3v) is 6.47. The Morgan fingerprint density at radius 1 is 1.25 bits per heavy atom. The van der Waals surface area contributed by atoms with E-state index in [2.05, 4.69) is 5.32 Å². The van der Waals surface area contributed by atoms with Crippen LogP contribution in [0.5, 0.6) is 0 Å². The standard InChI is InChI=1S/C15H22FNO2S/c1-10-8-12(16)9-11(2)14(10)15(17-3)13-6-4-5-7-20(13,18)19/h8-9,13,15,17H,4-7H2,1-3H3. The summed E-state index contributed by atoms with van der Waals surface area (Å²) in [7, 11) is -1.31. The van der Waals surface area contributed by atoms with Gasteiger partial charge in [0.25, 0.3) is 0 Å². The highest BCUT2D eigenvalue weighted by atomic mass is 32.2. The average molecular weight is 299 g/mol. The lowest BCUT2D eigenvalue weighted by molar-refractivity contribution is 0.466. The van der Waals surface area contributed by atoms with Crippen molar-refractivity contribution in [3.63, 3.8) is 0 Å². The molecule has 1 aromatic carbocycles. The van der Waals surface area contributed by atoms with E-state index in [1.54, 1.807) is 7.05 Å². The molecule has 0 aliphatic carbocycles. The summed E-state index contributed by atoms with van der Waals surface area (Å²) in [6, 6.07) is 2.69. The molecule has 2 rings (SSSR count). The molecule has 1 saturated heterocycles. The van der Waals surface area contributed by atoms with E-state index in [0.717, 1.165) is 29.5 Å². The first-order valence-corrected chi connectivity index (χ1v) is 8.74. The zero-order chi connectivity index (χ0) is 14.9. The summed E-state index contributed by atoms with van der Waals surface area (Å²) < 4.78 is 38.1. The Bertz CT molecular complexity index is 575. The summed E-state index contributed by atoms with van der Waals surface area (Å²) in [6.07, 6.45) is 2.35. The van der Waals surface area contributed by atoms with E-state index in [1.807, 2.05) is 13.8 Å². The maximum absolute atomic E-state index is 13.4. The molecule has 1 fully saturated rings. The minimum absolute atomic E-state index is 0.259. The average Bonchev–Trinajstić information content (AvgIpc) is 2.34. The lowest BCUT2D eigenvalue weighted by Crippen LogP contribution is -2.40. The van der Waals surface area contributed by atoms with Crippen LogP contribution in [0.4, 0.5) is 4.39 Å². The van der Waals surface area contributed by atoms with Crippen molar-refractivity contribution in [2.24, 2.45) is 0 Å². The topological polar surface area (TPSA) is 46.2 Å². The summed E-state index contributed by atoms with van der Waals surface area (Å²) in [5.74, 6) is -0.0140. The first kappa shape index (κ1) is 15.4. The van der Waals surface area contributed by atoms with Crippen molar-refractivity contribution in [3.8, 4) is 0 Å². The van der Waals surface area contributed by atoms with Gasteiger partial charge in [0.15, 0.2) is 9.84 Å². The molecule has 2 atom stereocenters. The van der Waals surface area contributed by atoms with Gasteiger partial charge in [-0.2, -0.15) is 0 Å². The Balaban J connectivity index is 2.48. The Hall–Kier alpha value is -0.940. The predicted octanol–water partition coefficient (Wildman–Crippen LogP) is 2.67. The van der Waals surface area contributed by atoms with Crippen molar-refractivity contribution in [2.45, 2.75) is 44.4 Å². The Morgan fingerprint density at radius 2 is 1.85 bits per heavy atom. The fraction of sp³-hybridized carbons (Fsp3) is 0.600. The number of sulfone groups is 1. The molecule has 2 unspecified atom stereocenters. The van der Waals surface area contributed by atoms with Gasteiger partial charge >= 0.3 is 0 Å². The van der Waals surface area contributed by atoms with Crippen molar-refractivity contribution in [3.05, 3.63) is 34.6 Å². The maximum atomic E-state index is 13.4. The quantitative estimate of drug-likeness (QED) is 0.933. The van der Waals surface area contributed by atoms with Crippen LogP contribution in [0.1, 0.15) is 42.0 Å².